The van der Waals surface area contributed by atoms with Crippen molar-refractivity contribution in [2.45, 2.75) is 17.1 Å². The third kappa shape index (κ3) is 4.13. The Morgan fingerprint density at radius 2 is 1.74 bits per heavy atom. The van der Waals surface area contributed by atoms with Crippen molar-refractivity contribution in [2.75, 3.05) is 26.7 Å². The van der Waals surface area contributed by atoms with Gasteiger partial charge >= 0.3 is 6.18 Å². The van der Waals surface area contributed by atoms with Gasteiger partial charge in [0.05, 0.1) is 21.5 Å². The van der Waals surface area contributed by atoms with E-state index in [1.165, 1.54) is 4.31 Å². The molecule has 0 N–H and O–H groups in total. The van der Waals surface area contributed by atoms with Gasteiger partial charge < -0.3 is 4.90 Å². The number of rotatable bonds is 3. The summed E-state index contributed by atoms with van der Waals surface area (Å²) < 4.78 is 67.1. The highest BCUT2D eigenvalue weighted by Gasteiger charge is 2.39. The average Bonchev–Trinajstić information content (AvgIpc) is 2.61. The fraction of sp³-hybridized carbons (Fsp3) is 0.333. The van der Waals surface area contributed by atoms with Gasteiger partial charge in [0.1, 0.15) is 0 Å². The number of hydrogen-bond donors (Lipinski definition) is 0. The fourth-order valence-corrected chi connectivity index (χ4v) is 5.00. The van der Waals surface area contributed by atoms with Crippen LogP contribution in [-0.4, -0.2) is 44.3 Å². The van der Waals surface area contributed by atoms with Gasteiger partial charge in [0.2, 0.25) is 10.0 Å². The molecule has 0 bridgehead atoms. The van der Waals surface area contributed by atoms with Gasteiger partial charge in [-0.2, -0.15) is 17.5 Å². The number of alkyl halides is 3. The standard InChI is InChI=1S/C18H18ClF3N2O2S/c1-23-9-10-24(17(12-23)13-5-3-2-4-6-13)27(25,26)14-7-8-16(19)15(11-14)18(20,21)22/h2-8,11,17H,9-10,12H2,1H3. The van der Waals surface area contributed by atoms with Crippen LogP contribution < -0.4 is 0 Å². The minimum absolute atomic E-state index is 0.183. The van der Waals surface area contributed by atoms with Gasteiger partial charge in [-0.3, -0.25) is 0 Å². The van der Waals surface area contributed by atoms with Crippen LogP contribution >= 0.6 is 11.6 Å². The summed E-state index contributed by atoms with van der Waals surface area (Å²) in [6.45, 7) is 1.12. The van der Waals surface area contributed by atoms with Gasteiger partial charge in [-0.1, -0.05) is 41.9 Å². The zero-order chi connectivity index (χ0) is 19.8. The minimum Gasteiger partial charge on any atom is -0.303 e. The highest BCUT2D eigenvalue weighted by Crippen LogP contribution is 2.38. The molecule has 0 saturated carbocycles. The van der Waals surface area contributed by atoms with Crippen molar-refractivity contribution < 1.29 is 21.6 Å². The summed E-state index contributed by atoms with van der Waals surface area (Å²) in [7, 11) is -2.26. The number of halogens is 4. The Morgan fingerprint density at radius 3 is 2.37 bits per heavy atom. The Bertz CT molecular complexity index is 920. The SMILES string of the molecule is CN1CCN(S(=O)(=O)c2ccc(Cl)c(C(F)(F)F)c2)C(c2ccccc2)C1. The first-order valence-corrected chi connectivity index (χ1v) is 10.0. The molecule has 1 atom stereocenters. The summed E-state index contributed by atoms with van der Waals surface area (Å²) >= 11 is 5.63. The van der Waals surface area contributed by atoms with Crippen molar-refractivity contribution in [3.05, 3.63) is 64.7 Å². The van der Waals surface area contributed by atoms with Crippen LogP contribution in [0.4, 0.5) is 13.2 Å². The molecule has 1 unspecified atom stereocenters. The lowest BCUT2D eigenvalue weighted by molar-refractivity contribution is -0.137. The first-order chi connectivity index (χ1) is 12.6. The highest BCUT2D eigenvalue weighted by molar-refractivity contribution is 7.89. The maximum absolute atomic E-state index is 13.2. The molecule has 27 heavy (non-hydrogen) atoms. The molecule has 9 heteroatoms. The molecule has 4 nitrogen and oxygen atoms in total. The maximum Gasteiger partial charge on any atom is 0.417 e. The number of nitrogens with zero attached hydrogens (tertiary/aromatic N) is 2. The van der Waals surface area contributed by atoms with Crippen molar-refractivity contribution >= 4 is 21.6 Å². The smallest absolute Gasteiger partial charge is 0.303 e. The Labute approximate surface area is 161 Å². The van der Waals surface area contributed by atoms with Gasteiger partial charge in [0, 0.05) is 19.6 Å². The van der Waals surface area contributed by atoms with Gasteiger partial charge in [0.25, 0.3) is 0 Å². The van der Waals surface area contributed by atoms with E-state index >= 15 is 0 Å². The first kappa shape index (κ1) is 20.1. The fourth-order valence-electron chi connectivity index (χ4n) is 3.15. The Balaban J connectivity index is 2.05. The molecule has 0 aliphatic carbocycles. The van der Waals surface area contributed by atoms with Crippen LogP contribution in [0.1, 0.15) is 17.2 Å². The Hall–Kier alpha value is -1.61. The summed E-state index contributed by atoms with van der Waals surface area (Å²) in [5, 5.41) is -0.528. The Kier molecular flexibility index (Phi) is 5.54. The van der Waals surface area contributed by atoms with E-state index in [4.69, 9.17) is 11.6 Å². The van der Waals surface area contributed by atoms with Gasteiger partial charge in [-0.15, -0.1) is 0 Å². The van der Waals surface area contributed by atoms with E-state index in [-0.39, 0.29) is 6.54 Å². The van der Waals surface area contributed by atoms with Crippen LogP contribution in [0.3, 0.4) is 0 Å². The first-order valence-electron chi connectivity index (χ1n) is 8.23. The maximum atomic E-state index is 13.2. The average molecular weight is 419 g/mol. The molecule has 2 aromatic carbocycles. The largest absolute Gasteiger partial charge is 0.417 e. The number of piperazine rings is 1. The zero-order valence-electron chi connectivity index (χ0n) is 14.4. The molecule has 0 radical (unpaired) electrons. The van der Waals surface area contributed by atoms with E-state index in [9.17, 15) is 21.6 Å². The van der Waals surface area contributed by atoms with Crippen LogP contribution in [0.5, 0.6) is 0 Å². The summed E-state index contributed by atoms with van der Waals surface area (Å²) in [6, 6.07) is 11.3. The van der Waals surface area contributed by atoms with Crippen molar-refractivity contribution in [1.29, 1.82) is 0 Å². The van der Waals surface area contributed by atoms with Gasteiger partial charge in [-0.25, -0.2) is 8.42 Å². The summed E-state index contributed by atoms with van der Waals surface area (Å²) in [6.07, 6.45) is -4.73. The molecule has 1 fully saturated rings. The molecule has 0 aromatic heterocycles. The molecule has 0 spiro atoms. The molecule has 1 saturated heterocycles. The topological polar surface area (TPSA) is 40.6 Å². The van der Waals surface area contributed by atoms with Crippen LogP contribution in [-0.2, 0) is 16.2 Å². The second kappa shape index (κ2) is 7.43. The van der Waals surface area contributed by atoms with E-state index < -0.39 is 37.7 Å². The van der Waals surface area contributed by atoms with Crippen molar-refractivity contribution in [3.8, 4) is 0 Å². The van der Waals surface area contributed by atoms with Crippen molar-refractivity contribution in [3.63, 3.8) is 0 Å². The van der Waals surface area contributed by atoms with Crippen LogP contribution in [0, 0.1) is 0 Å². The highest BCUT2D eigenvalue weighted by atomic mass is 35.5. The third-order valence-corrected chi connectivity index (χ3v) is 6.80. The van der Waals surface area contributed by atoms with Crippen molar-refractivity contribution in [1.82, 2.24) is 9.21 Å². The van der Waals surface area contributed by atoms with Crippen LogP contribution in [0.25, 0.3) is 0 Å². The predicted octanol–water partition coefficient (Wildman–Crippen LogP) is 4.04. The quantitative estimate of drug-likeness (QED) is 0.755. The minimum atomic E-state index is -4.73. The summed E-state index contributed by atoms with van der Waals surface area (Å²) in [5.74, 6) is 0. The molecule has 1 heterocycles. The molecule has 3 rings (SSSR count). The summed E-state index contributed by atoms with van der Waals surface area (Å²) in [5.41, 5.74) is -0.367. The van der Waals surface area contributed by atoms with E-state index in [1.54, 1.807) is 12.1 Å². The molecule has 2 aromatic rings. The number of hydrogen-bond acceptors (Lipinski definition) is 3. The molecular formula is C18H18ClF3N2O2S. The van der Waals surface area contributed by atoms with Crippen LogP contribution in [0.15, 0.2) is 53.4 Å². The van der Waals surface area contributed by atoms with E-state index in [0.717, 1.165) is 17.7 Å². The van der Waals surface area contributed by atoms with E-state index in [1.807, 2.05) is 30.1 Å². The molecule has 146 valence electrons. The lowest BCUT2D eigenvalue weighted by Crippen LogP contribution is -2.49. The number of likely N-dealkylation sites (N-methyl/N-ethyl adjacent to an activating group) is 1. The van der Waals surface area contributed by atoms with E-state index in [2.05, 4.69) is 0 Å². The number of sulfonamides is 1. The molecule has 1 aliphatic rings. The monoisotopic (exact) mass is 418 g/mol. The lowest BCUT2D eigenvalue weighted by atomic mass is 10.1. The van der Waals surface area contributed by atoms with Gasteiger partial charge in [-0.05, 0) is 30.8 Å². The Morgan fingerprint density at radius 1 is 1.07 bits per heavy atom. The van der Waals surface area contributed by atoms with Gasteiger partial charge in [0.15, 0.2) is 0 Å². The molecule has 0 amide bonds. The van der Waals surface area contributed by atoms with Crippen molar-refractivity contribution in [2.24, 2.45) is 0 Å². The van der Waals surface area contributed by atoms with E-state index in [0.29, 0.717) is 19.2 Å². The third-order valence-electron chi connectivity index (χ3n) is 4.57. The zero-order valence-corrected chi connectivity index (χ0v) is 16.0. The second-order valence-corrected chi connectivity index (χ2v) is 8.74. The predicted molar refractivity (Wildman–Crippen MR) is 97.0 cm³/mol. The summed E-state index contributed by atoms with van der Waals surface area (Å²) in [4.78, 5) is 1.58. The second-order valence-electron chi connectivity index (χ2n) is 6.44. The molecule has 1 aliphatic heterocycles. The lowest BCUT2D eigenvalue weighted by Gasteiger charge is -2.39. The van der Waals surface area contributed by atoms with Crippen LogP contribution in [0.2, 0.25) is 5.02 Å². The normalized spacial score (nSPS) is 20.0. The number of benzene rings is 2. The molecular weight excluding hydrogens is 401 g/mol.